The first-order valence-electron chi connectivity index (χ1n) is 7.99. The SMILES string of the molecule is Brc1cc2c(cc1C(Br)C1CCCCCC1)OCCCO2. The maximum atomic E-state index is 5.84. The van der Waals surface area contributed by atoms with E-state index in [9.17, 15) is 0 Å². The summed E-state index contributed by atoms with van der Waals surface area (Å²) in [7, 11) is 0. The van der Waals surface area contributed by atoms with Crippen LogP contribution in [0, 0.1) is 5.92 Å². The van der Waals surface area contributed by atoms with Crippen LogP contribution in [0.2, 0.25) is 0 Å². The second-order valence-electron chi connectivity index (χ2n) is 6.02. The van der Waals surface area contributed by atoms with Crippen LogP contribution in [0.15, 0.2) is 16.6 Å². The van der Waals surface area contributed by atoms with Gasteiger partial charge in [-0.05, 0) is 36.5 Å². The summed E-state index contributed by atoms with van der Waals surface area (Å²) >= 11 is 7.68. The molecule has 116 valence electrons. The second-order valence-corrected chi connectivity index (χ2v) is 7.87. The van der Waals surface area contributed by atoms with Gasteiger partial charge in [-0.25, -0.2) is 0 Å². The monoisotopic (exact) mass is 416 g/mol. The fourth-order valence-corrected chi connectivity index (χ4v) is 5.05. The molecule has 1 unspecified atom stereocenters. The number of halogens is 2. The van der Waals surface area contributed by atoms with Crippen molar-refractivity contribution in [1.29, 1.82) is 0 Å². The molecule has 0 bridgehead atoms. The summed E-state index contributed by atoms with van der Waals surface area (Å²) in [5.41, 5.74) is 1.30. The molecule has 3 rings (SSSR count). The minimum absolute atomic E-state index is 0.391. The Hall–Kier alpha value is -0.220. The number of rotatable bonds is 2. The van der Waals surface area contributed by atoms with Crippen molar-refractivity contribution in [3.63, 3.8) is 0 Å². The Morgan fingerprint density at radius 3 is 2.19 bits per heavy atom. The summed E-state index contributed by atoms with van der Waals surface area (Å²) in [5, 5.41) is 0. The molecule has 1 aromatic rings. The van der Waals surface area contributed by atoms with Gasteiger partial charge in [0.15, 0.2) is 11.5 Å². The molecule has 2 aliphatic rings. The average molecular weight is 418 g/mol. The number of alkyl halides is 1. The highest BCUT2D eigenvalue weighted by Gasteiger charge is 2.25. The van der Waals surface area contributed by atoms with E-state index in [-0.39, 0.29) is 0 Å². The third-order valence-corrected chi connectivity index (χ3v) is 6.41. The molecule has 1 aliphatic carbocycles. The first-order chi connectivity index (χ1) is 10.3. The Balaban J connectivity index is 1.84. The fraction of sp³-hybridized carbons (Fsp3) is 0.647. The first kappa shape index (κ1) is 15.7. The van der Waals surface area contributed by atoms with Crippen LogP contribution in [0.3, 0.4) is 0 Å². The first-order valence-corrected chi connectivity index (χ1v) is 9.69. The van der Waals surface area contributed by atoms with Crippen LogP contribution in [0.25, 0.3) is 0 Å². The predicted molar refractivity (Wildman–Crippen MR) is 92.6 cm³/mol. The van der Waals surface area contributed by atoms with Crippen LogP contribution in [0.5, 0.6) is 11.5 Å². The quantitative estimate of drug-likeness (QED) is 0.432. The molecular formula is C17H22Br2O2. The smallest absolute Gasteiger partial charge is 0.162 e. The van der Waals surface area contributed by atoms with Crippen molar-refractivity contribution in [1.82, 2.24) is 0 Å². The lowest BCUT2D eigenvalue weighted by atomic mass is 9.92. The van der Waals surface area contributed by atoms with E-state index in [4.69, 9.17) is 9.47 Å². The van der Waals surface area contributed by atoms with E-state index in [1.54, 1.807) is 0 Å². The summed E-state index contributed by atoms with van der Waals surface area (Å²) in [5.74, 6) is 2.47. The molecule has 0 saturated heterocycles. The van der Waals surface area contributed by atoms with Gasteiger partial charge in [-0.15, -0.1) is 0 Å². The molecule has 0 amide bonds. The van der Waals surface area contributed by atoms with Gasteiger partial charge in [-0.3, -0.25) is 0 Å². The Bertz CT molecular complexity index is 482. The van der Waals surface area contributed by atoms with Gasteiger partial charge in [0.1, 0.15) is 0 Å². The molecule has 0 spiro atoms. The zero-order chi connectivity index (χ0) is 14.7. The molecule has 4 heteroatoms. The predicted octanol–water partition coefficient (Wildman–Crippen LogP) is 6.02. The molecule has 2 nitrogen and oxygen atoms in total. The molecule has 1 saturated carbocycles. The minimum atomic E-state index is 0.391. The molecule has 1 atom stereocenters. The molecule has 1 aromatic carbocycles. The van der Waals surface area contributed by atoms with Crippen LogP contribution in [0.1, 0.15) is 55.3 Å². The Morgan fingerprint density at radius 1 is 0.905 bits per heavy atom. The van der Waals surface area contributed by atoms with Crippen LogP contribution < -0.4 is 9.47 Å². The highest BCUT2D eigenvalue weighted by atomic mass is 79.9. The van der Waals surface area contributed by atoms with Crippen LogP contribution in [-0.2, 0) is 0 Å². The molecule has 1 heterocycles. The van der Waals surface area contributed by atoms with Gasteiger partial charge >= 0.3 is 0 Å². The number of fused-ring (bicyclic) bond motifs is 1. The highest BCUT2D eigenvalue weighted by molar-refractivity contribution is 9.11. The summed E-state index contributed by atoms with van der Waals surface area (Å²) in [6.45, 7) is 1.48. The largest absolute Gasteiger partial charge is 0.490 e. The second kappa shape index (κ2) is 7.36. The van der Waals surface area contributed by atoms with E-state index in [0.29, 0.717) is 10.7 Å². The van der Waals surface area contributed by atoms with Crippen LogP contribution >= 0.6 is 31.9 Å². The van der Waals surface area contributed by atoms with E-state index in [2.05, 4.69) is 44.0 Å². The number of hydrogen-bond donors (Lipinski definition) is 0. The van der Waals surface area contributed by atoms with E-state index in [0.717, 1.165) is 35.6 Å². The lowest BCUT2D eigenvalue weighted by molar-refractivity contribution is 0.297. The highest BCUT2D eigenvalue weighted by Crippen LogP contribution is 2.45. The van der Waals surface area contributed by atoms with Crippen molar-refractivity contribution in [3.8, 4) is 11.5 Å². The molecule has 21 heavy (non-hydrogen) atoms. The van der Waals surface area contributed by atoms with E-state index in [1.165, 1.54) is 44.1 Å². The summed E-state index contributed by atoms with van der Waals surface area (Å²) < 4.78 is 12.7. The Kier molecular flexibility index (Phi) is 5.49. The van der Waals surface area contributed by atoms with Crippen LogP contribution in [0.4, 0.5) is 0 Å². The van der Waals surface area contributed by atoms with Crippen molar-refractivity contribution >= 4 is 31.9 Å². The molecule has 0 aromatic heterocycles. The van der Waals surface area contributed by atoms with Crippen molar-refractivity contribution in [2.24, 2.45) is 5.92 Å². The van der Waals surface area contributed by atoms with Gasteiger partial charge in [-0.1, -0.05) is 57.5 Å². The van der Waals surface area contributed by atoms with Crippen LogP contribution in [-0.4, -0.2) is 13.2 Å². The summed E-state index contributed by atoms with van der Waals surface area (Å²) in [6, 6.07) is 4.23. The lowest BCUT2D eigenvalue weighted by Crippen LogP contribution is -2.08. The van der Waals surface area contributed by atoms with Gasteiger partial charge in [0, 0.05) is 15.7 Å². The van der Waals surface area contributed by atoms with E-state index in [1.807, 2.05) is 0 Å². The Morgan fingerprint density at radius 2 is 1.52 bits per heavy atom. The van der Waals surface area contributed by atoms with Gasteiger partial charge in [0.05, 0.1) is 13.2 Å². The van der Waals surface area contributed by atoms with Gasteiger partial charge in [0.2, 0.25) is 0 Å². The summed E-state index contributed by atoms with van der Waals surface area (Å²) in [4.78, 5) is 0.391. The molecule has 0 N–H and O–H groups in total. The topological polar surface area (TPSA) is 18.5 Å². The average Bonchev–Trinajstić information content (AvgIpc) is 2.88. The minimum Gasteiger partial charge on any atom is -0.490 e. The van der Waals surface area contributed by atoms with Crippen molar-refractivity contribution in [3.05, 3.63) is 22.2 Å². The van der Waals surface area contributed by atoms with Gasteiger partial charge in [0.25, 0.3) is 0 Å². The third kappa shape index (κ3) is 3.76. The summed E-state index contributed by atoms with van der Waals surface area (Å²) in [6.07, 6.45) is 9.07. The lowest BCUT2D eigenvalue weighted by Gasteiger charge is -2.23. The van der Waals surface area contributed by atoms with Gasteiger partial charge < -0.3 is 9.47 Å². The molecule has 1 aliphatic heterocycles. The number of ether oxygens (including phenoxy) is 2. The maximum Gasteiger partial charge on any atom is 0.162 e. The number of benzene rings is 1. The number of hydrogen-bond acceptors (Lipinski definition) is 2. The molecule has 1 fully saturated rings. The van der Waals surface area contributed by atoms with E-state index >= 15 is 0 Å². The zero-order valence-corrected chi connectivity index (χ0v) is 15.4. The standard InChI is InChI=1S/C17H22Br2O2/c18-14-11-16-15(20-8-5-9-21-16)10-13(14)17(19)12-6-3-1-2-4-7-12/h10-12,17H,1-9H2. The zero-order valence-electron chi connectivity index (χ0n) is 12.2. The van der Waals surface area contributed by atoms with Gasteiger partial charge in [-0.2, -0.15) is 0 Å². The Labute approximate surface area is 143 Å². The third-order valence-electron chi connectivity index (χ3n) is 4.48. The van der Waals surface area contributed by atoms with Crippen molar-refractivity contribution in [2.75, 3.05) is 13.2 Å². The molecule has 0 radical (unpaired) electrons. The van der Waals surface area contributed by atoms with Crippen molar-refractivity contribution < 1.29 is 9.47 Å². The molecular weight excluding hydrogens is 396 g/mol. The maximum absolute atomic E-state index is 5.84. The van der Waals surface area contributed by atoms with E-state index < -0.39 is 0 Å². The normalized spacial score (nSPS) is 21.4. The van der Waals surface area contributed by atoms with Crippen molar-refractivity contribution in [2.45, 2.75) is 49.8 Å². The fourth-order valence-electron chi connectivity index (χ4n) is 3.27.